The molecule has 1 aliphatic heterocycles. The fourth-order valence-electron chi connectivity index (χ4n) is 3.24. The van der Waals surface area contributed by atoms with Crippen molar-refractivity contribution in [2.45, 2.75) is 19.9 Å². The van der Waals surface area contributed by atoms with Crippen molar-refractivity contribution in [2.75, 3.05) is 26.2 Å². The van der Waals surface area contributed by atoms with Crippen LogP contribution in [0.5, 0.6) is 17.2 Å². The van der Waals surface area contributed by atoms with E-state index in [4.69, 9.17) is 14.2 Å². The number of hydrogen-bond acceptors (Lipinski definition) is 4. The molecule has 3 rings (SSSR count). The molecule has 0 aliphatic carbocycles. The minimum Gasteiger partial charge on any atom is -0.496 e. The van der Waals surface area contributed by atoms with Crippen LogP contribution in [0.3, 0.4) is 0 Å². The van der Waals surface area contributed by atoms with Crippen LogP contribution in [0.1, 0.15) is 25.0 Å². The molecule has 0 unspecified atom stereocenters. The molecule has 0 radical (unpaired) electrons. The van der Waals surface area contributed by atoms with Gasteiger partial charge < -0.3 is 19.1 Å². The predicted octanol–water partition coefficient (Wildman–Crippen LogP) is 4.01. The molecule has 5 heteroatoms. The van der Waals surface area contributed by atoms with Gasteiger partial charge in [-0.25, -0.2) is 0 Å². The van der Waals surface area contributed by atoms with E-state index in [9.17, 15) is 4.79 Å². The van der Waals surface area contributed by atoms with E-state index in [1.165, 1.54) is 0 Å². The molecule has 0 aromatic heterocycles. The van der Waals surface area contributed by atoms with Crippen LogP contribution in [0.4, 0.5) is 5.69 Å². The number of amides is 1. The lowest BCUT2D eigenvalue weighted by Crippen LogP contribution is -2.33. The van der Waals surface area contributed by atoms with Gasteiger partial charge in [0.2, 0.25) is 0 Å². The molecule has 2 aromatic rings. The molecule has 5 nitrogen and oxygen atoms in total. The zero-order chi connectivity index (χ0) is 18.8. The number of benzene rings is 2. The number of carbonyl (C=O) groups is 1. The van der Waals surface area contributed by atoms with Gasteiger partial charge in [-0.2, -0.15) is 0 Å². The monoisotopic (exact) mass is 353 g/mol. The lowest BCUT2D eigenvalue weighted by Gasteiger charge is -2.21. The molecular formula is C21H23NO4. The first-order valence-corrected chi connectivity index (χ1v) is 8.46. The van der Waals surface area contributed by atoms with Crippen molar-refractivity contribution in [1.82, 2.24) is 0 Å². The Bertz CT molecular complexity index is 845. The maximum atomic E-state index is 13.1. The Morgan fingerprint density at radius 2 is 1.58 bits per heavy atom. The Kier molecular flexibility index (Phi) is 4.89. The van der Waals surface area contributed by atoms with Crippen LogP contribution in [0.15, 0.2) is 36.4 Å². The molecule has 0 fully saturated rings. The molecule has 0 atom stereocenters. The molecule has 136 valence electrons. The predicted molar refractivity (Wildman–Crippen MR) is 103 cm³/mol. The number of rotatable bonds is 5. The molecule has 0 N–H and O–H groups in total. The van der Waals surface area contributed by atoms with Crippen molar-refractivity contribution >= 4 is 23.2 Å². The molecule has 0 bridgehead atoms. The molecule has 0 saturated heterocycles. The first kappa shape index (κ1) is 17.9. The van der Waals surface area contributed by atoms with Crippen LogP contribution in [0.2, 0.25) is 0 Å². The number of hydrogen-bond donors (Lipinski definition) is 0. The lowest BCUT2D eigenvalue weighted by atomic mass is 10.0. The maximum Gasteiger partial charge on any atom is 0.259 e. The first-order valence-electron chi connectivity index (χ1n) is 8.46. The number of fused-ring (bicyclic) bond motifs is 1. The van der Waals surface area contributed by atoms with Crippen molar-refractivity contribution in [3.05, 3.63) is 47.5 Å². The van der Waals surface area contributed by atoms with Gasteiger partial charge >= 0.3 is 0 Å². The minimum absolute atomic E-state index is 0.0267. The summed E-state index contributed by atoms with van der Waals surface area (Å²) < 4.78 is 16.3. The summed E-state index contributed by atoms with van der Waals surface area (Å²) in [6.07, 6.45) is 1.83. The summed E-state index contributed by atoms with van der Waals surface area (Å²) in [5.41, 5.74) is 3.16. The summed E-state index contributed by atoms with van der Waals surface area (Å²) in [6.45, 7) is 4.01. The van der Waals surface area contributed by atoms with Crippen LogP contribution >= 0.6 is 0 Å². The zero-order valence-corrected chi connectivity index (χ0v) is 15.7. The van der Waals surface area contributed by atoms with E-state index in [2.05, 4.69) is 0 Å². The van der Waals surface area contributed by atoms with Crippen LogP contribution in [-0.4, -0.2) is 33.3 Å². The number of anilines is 1. The van der Waals surface area contributed by atoms with Crippen LogP contribution < -0.4 is 19.1 Å². The second-order valence-electron chi connectivity index (χ2n) is 6.29. The van der Waals surface area contributed by atoms with Gasteiger partial charge in [0.25, 0.3) is 5.91 Å². The normalized spacial score (nSPS) is 14.8. The number of carbonyl (C=O) groups excluding carboxylic acids is 1. The van der Waals surface area contributed by atoms with Crippen molar-refractivity contribution in [3.63, 3.8) is 0 Å². The summed E-state index contributed by atoms with van der Waals surface area (Å²) in [5, 5.41) is 0. The topological polar surface area (TPSA) is 48.0 Å². The highest BCUT2D eigenvalue weighted by Crippen LogP contribution is 2.42. The Balaban J connectivity index is 2.21. The highest BCUT2D eigenvalue weighted by Gasteiger charge is 2.34. The Morgan fingerprint density at radius 1 is 0.962 bits per heavy atom. The number of ether oxygens (including phenoxy) is 3. The summed E-state index contributed by atoms with van der Waals surface area (Å²) >= 11 is 0. The average molecular weight is 353 g/mol. The Labute approximate surface area is 153 Å². The third kappa shape index (κ3) is 2.90. The van der Waals surface area contributed by atoms with Gasteiger partial charge in [0.1, 0.15) is 17.2 Å². The van der Waals surface area contributed by atoms with Crippen molar-refractivity contribution in [1.29, 1.82) is 0 Å². The van der Waals surface area contributed by atoms with Gasteiger partial charge in [-0.1, -0.05) is 18.2 Å². The van der Waals surface area contributed by atoms with Gasteiger partial charge in [0, 0.05) is 23.7 Å². The Hall–Kier alpha value is -2.95. The molecule has 0 saturated carbocycles. The number of methoxy groups -OCH3 is 3. The molecule has 1 heterocycles. The van der Waals surface area contributed by atoms with E-state index < -0.39 is 0 Å². The van der Waals surface area contributed by atoms with Gasteiger partial charge in [0.05, 0.1) is 38.2 Å². The van der Waals surface area contributed by atoms with E-state index in [-0.39, 0.29) is 11.9 Å². The van der Waals surface area contributed by atoms with Crippen LogP contribution in [0.25, 0.3) is 11.6 Å². The molecule has 1 aliphatic rings. The van der Waals surface area contributed by atoms with Crippen molar-refractivity contribution in [2.24, 2.45) is 0 Å². The zero-order valence-electron chi connectivity index (χ0n) is 15.7. The van der Waals surface area contributed by atoms with Gasteiger partial charge in [0.15, 0.2) is 0 Å². The second-order valence-corrected chi connectivity index (χ2v) is 6.29. The lowest BCUT2D eigenvalue weighted by molar-refractivity contribution is -0.113. The third-order valence-electron chi connectivity index (χ3n) is 4.46. The summed E-state index contributed by atoms with van der Waals surface area (Å²) in [4.78, 5) is 14.9. The summed E-state index contributed by atoms with van der Waals surface area (Å²) in [7, 11) is 4.76. The number of para-hydroxylation sites is 1. The molecule has 2 aromatic carbocycles. The van der Waals surface area contributed by atoms with Gasteiger partial charge in [-0.15, -0.1) is 0 Å². The van der Waals surface area contributed by atoms with Crippen molar-refractivity contribution in [3.8, 4) is 17.2 Å². The highest BCUT2D eigenvalue weighted by atomic mass is 16.5. The quantitative estimate of drug-likeness (QED) is 0.762. The molecular weight excluding hydrogens is 330 g/mol. The fraction of sp³-hybridized carbons (Fsp3) is 0.286. The Morgan fingerprint density at radius 3 is 2.12 bits per heavy atom. The second kappa shape index (κ2) is 7.12. The average Bonchev–Trinajstić information content (AvgIpc) is 2.93. The van der Waals surface area contributed by atoms with Gasteiger partial charge in [-0.05, 0) is 26.0 Å². The van der Waals surface area contributed by atoms with Crippen LogP contribution in [0, 0.1) is 0 Å². The standard InChI is InChI=1S/C21H23NO4/c1-13(2)22-18-9-7-6-8-15(18)16(21(22)23)12-17-19(25-4)10-14(24-3)11-20(17)26-5/h6-13H,1-5H3. The molecule has 1 amide bonds. The molecule has 0 spiro atoms. The highest BCUT2D eigenvalue weighted by molar-refractivity contribution is 6.36. The maximum absolute atomic E-state index is 13.1. The number of nitrogens with zero attached hydrogens (tertiary/aromatic N) is 1. The van der Waals surface area contributed by atoms with E-state index in [1.54, 1.807) is 33.5 Å². The van der Waals surface area contributed by atoms with E-state index in [0.29, 0.717) is 28.4 Å². The van der Waals surface area contributed by atoms with Crippen LogP contribution in [-0.2, 0) is 4.79 Å². The smallest absolute Gasteiger partial charge is 0.259 e. The molecule has 26 heavy (non-hydrogen) atoms. The van der Waals surface area contributed by atoms with Crippen molar-refractivity contribution < 1.29 is 19.0 Å². The van der Waals surface area contributed by atoms with E-state index in [0.717, 1.165) is 11.3 Å². The van der Waals surface area contributed by atoms with Gasteiger partial charge in [-0.3, -0.25) is 4.79 Å². The fourth-order valence-corrected chi connectivity index (χ4v) is 3.24. The summed E-state index contributed by atoms with van der Waals surface area (Å²) in [6, 6.07) is 11.4. The SMILES string of the molecule is COc1cc(OC)c(C=C2C(=O)N(C(C)C)c3ccccc32)c(OC)c1. The third-order valence-corrected chi connectivity index (χ3v) is 4.46. The summed E-state index contributed by atoms with van der Waals surface area (Å²) in [5.74, 6) is 1.77. The largest absolute Gasteiger partial charge is 0.496 e. The first-order chi connectivity index (χ1) is 12.5. The van der Waals surface area contributed by atoms with E-state index >= 15 is 0 Å². The van der Waals surface area contributed by atoms with E-state index in [1.807, 2.05) is 49.1 Å². The minimum atomic E-state index is -0.0267.